The first-order chi connectivity index (χ1) is 7.56. The number of aryl methyl sites for hydroxylation is 1. The number of nitrogens with zero attached hydrogens (tertiary/aromatic N) is 1. The highest BCUT2D eigenvalue weighted by molar-refractivity contribution is 7.09. The Morgan fingerprint density at radius 2 is 2.44 bits per heavy atom. The van der Waals surface area contributed by atoms with Crippen LogP contribution in [-0.4, -0.2) is 35.3 Å². The number of methoxy groups -OCH3 is 1. The fraction of sp³-hybridized carbons (Fsp3) is 0.600. The van der Waals surface area contributed by atoms with Crippen LogP contribution in [0.25, 0.3) is 0 Å². The molecule has 0 saturated heterocycles. The molecule has 1 aromatic heterocycles. The molecule has 1 heterocycles. The van der Waals surface area contributed by atoms with E-state index in [0.29, 0.717) is 6.54 Å². The van der Waals surface area contributed by atoms with E-state index in [4.69, 9.17) is 0 Å². The van der Waals surface area contributed by atoms with E-state index in [0.717, 1.165) is 10.6 Å². The van der Waals surface area contributed by atoms with Crippen molar-refractivity contribution in [3.63, 3.8) is 0 Å². The number of nitrogens with one attached hydrogen (secondary N) is 1. The van der Waals surface area contributed by atoms with Gasteiger partial charge in [0.05, 0.1) is 24.4 Å². The number of carbonyl (C=O) groups excluding carboxylic acids is 1. The Morgan fingerprint density at radius 3 is 2.88 bits per heavy atom. The summed E-state index contributed by atoms with van der Waals surface area (Å²) in [5.41, 5.74) is 2.69. The van der Waals surface area contributed by atoms with Gasteiger partial charge < -0.3 is 9.84 Å². The van der Waals surface area contributed by atoms with E-state index < -0.39 is 18.1 Å². The van der Waals surface area contributed by atoms with Crippen molar-refractivity contribution in [1.82, 2.24) is 10.3 Å². The topological polar surface area (TPSA) is 71.5 Å². The molecular weight excluding hydrogens is 228 g/mol. The van der Waals surface area contributed by atoms with Gasteiger partial charge in [-0.15, -0.1) is 11.3 Å². The molecule has 2 atom stereocenters. The number of aliphatic hydroxyl groups is 1. The summed E-state index contributed by atoms with van der Waals surface area (Å²) in [6, 6.07) is -0.702. The second kappa shape index (κ2) is 5.93. The summed E-state index contributed by atoms with van der Waals surface area (Å²) in [6.07, 6.45) is -0.791. The van der Waals surface area contributed by atoms with Crippen LogP contribution in [0, 0.1) is 6.92 Å². The first-order valence-corrected chi connectivity index (χ1v) is 5.82. The molecule has 0 unspecified atom stereocenters. The first kappa shape index (κ1) is 13.1. The molecule has 0 bridgehead atoms. The lowest BCUT2D eigenvalue weighted by Gasteiger charge is -2.18. The number of aromatic nitrogens is 1. The number of rotatable bonds is 5. The Labute approximate surface area is 98.5 Å². The number of ether oxygens (including phenoxy) is 1. The smallest absolute Gasteiger partial charge is 0.325 e. The van der Waals surface area contributed by atoms with E-state index >= 15 is 0 Å². The largest absolute Gasteiger partial charge is 0.468 e. The molecule has 0 aliphatic heterocycles. The molecule has 0 aromatic carbocycles. The molecular formula is C10H16N2O3S. The molecule has 0 saturated carbocycles. The summed E-state index contributed by atoms with van der Waals surface area (Å²) in [7, 11) is 1.30. The van der Waals surface area contributed by atoms with Gasteiger partial charge in [0.15, 0.2) is 0 Å². The number of hydrogen-bond donors (Lipinski definition) is 2. The van der Waals surface area contributed by atoms with Gasteiger partial charge in [-0.2, -0.15) is 0 Å². The first-order valence-electron chi connectivity index (χ1n) is 4.94. The average molecular weight is 244 g/mol. The molecule has 5 nitrogen and oxygen atoms in total. The molecule has 0 aliphatic carbocycles. The third-order valence-electron chi connectivity index (χ3n) is 2.26. The second-order valence-corrected chi connectivity index (χ2v) is 4.42. The highest BCUT2D eigenvalue weighted by Crippen LogP contribution is 2.12. The van der Waals surface area contributed by atoms with Crippen LogP contribution in [0.3, 0.4) is 0 Å². The summed E-state index contributed by atoms with van der Waals surface area (Å²) in [5, 5.41) is 12.4. The SMILES string of the molecule is COC(=O)[C@H](NCc1scnc1C)[C@H](C)O. The molecule has 1 rings (SSSR count). The molecule has 16 heavy (non-hydrogen) atoms. The second-order valence-electron chi connectivity index (χ2n) is 3.48. The molecule has 0 amide bonds. The Morgan fingerprint density at radius 1 is 1.75 bits per heavy atom. The monoisotopic (exact) mass is 244 g/mol. The van der Waals surface area contributed by atoms with Crippen LogP contribution in [0.1, 0.15) is 17.5 Å². The van der Waals surface area contributed by atoms with E-state index in [1.54, 1.807) is 12.4 Å². The van der Waals surface area contributed by atoms with Crippen LogP contribution in [0.15, 0.2) is 5.51 Å². The van der Waals surface area contributed by atoms with Crippen LogP contribution in [-0.2, 0) is 16.1 Å². The summed E-state index contributed by atoms with van der Waals surface area (Å²) >= 11 is 1.52. The fourth-order valence-electron chi connectivity index (χ4n) is 1.28. The van der Waals surface area contributed by atoms with Gasteiger partial charge in [-0.1, -0.05) is 0 Å². The van der Waals surface area contributed by atoms with Crippen molar-refractivity contribution in [2.45, 2.75) is 32.5 Å². The lowest BCUT2D eigenvalue weighted by molar-refractivity contribution is -0.145. The van der Waals surface area contributed by atoms with Crippen molar-refractivity contribution in [3.05, 3.63) is 16.1 Å². The Kier molecular flexibility index (Phi) is 4.85. The van der Waals surface area contributed by atoms with E-state index in [9.17, 15) is 9.90 Å². The number of thiazole rings is 1. The summed E-state index contributed by atoms with van der Waals surface area (Å²) in [4.78, 5) is 16.5. The summed E-state index contributed by atoms with van der Waals surface area (Å²) in [6.45, 7) is 3.96. The van der Waals surface area contributed by atoms with Gasteiger partial charge in [0.1, 0.15) is 6.04 Å². The minimum absolute atomic E-state index is 0.461. The molecule has 2 N–H and O–H groups in total. The zero-order chi connectivity index (χ0) is 12.1. The van der Waals surface area contributed by atoms with E-state index in [-0.39, 0.29) is 0 Å². The summed E-state index contributed by atoms with van der Waals surface area (Å²) in [5.74, 6) is -0.461. The van der Waals surface area contributed by atoms with Gasteiger partial charge in [0, 0.05) is 11.4 Å². The highest BCUT2D eigenvalue weighted by atomic mass is 32.1. The molecule has 0 aliphatic rings. The van der Waals surface area contributed by atoms with Crippen LogP contribution in [0.5, 0.6) is 0 Å². The van der Waals surface area contributed by atoms with Gasteiger partial charge in [-0.05, 0) is 13.8 Å². The van der Waals surface area contributed by atoms with Crippen molar-refractivity contribution >= 4 is 17.3 Å². The maximum absolute atomic E-state index is 11.3. The number of carbonyl (C=O) groups is 1. The van der Waals surface area contributed by atoms with Crippen LogP contribution in [0.2, 0.25) is 0 Å². The maximum Gasteiger partial charge on any atom is 0.325 e. The van der Waals surface area contributed by atoms with Crippen molar-refractivity contribution in [2.75, 3.05) is 7.11 Å². The quantitative estimate of drug-likeness (QED) is 0.736. The van der Waals surface area contributed by atoms with E-state index in [1.165, 1.54) is 18.4 Å². The fourth-order valence-corrected chi connectivity index (χ4v) is 2.00. The normalized spacial score (nSPS) is 14.5. The third kappa shape index (κ3) is 3.26. The minimum atomic E-state index is -0.791. The Balaban J connectivity index is 2.57. The predicted molar refractivity (Wildman–Crippen MR) is 61.2 cm³/mol. The zero-order valence-electron chi connectivity index (χ0n) is 9.56. The van der Waals surface area contributed by atoms with E-state index in [2.05, 4.69) is 15.0 Å². The van der Waals surface area contributed by atoms with Gasteiger partial charge in [0.25, 0.3) is 0 Å². The van der Waals surface area contributed by atoms with Crippen molar-refractivity contribution in [1.29, 1.82) is 0 Å². The van der Waals surface area contributed by atoms with Crippen molar-refractivity contribution in [2.24, 2.45) is 0 Å². The van der Waals surface area contributed by atoms with E-state index in [1.807, 2.05) is 6.92 Å². The maximum atomic E-state index is 11.3. The molecule has 6 heteroatoms. The molecule has 0 radical (unpaired) electrons. The average Bonchev–Trinajstić information content (AvgIpc) is 2.64. The van der Waals surface area contributed by atoms with Crippen molar-refractivity contribution in [3.8, 4) is 0 Å². The lowest BCUT2D eigenvalue weighted by Crippen LogP contribution is -2.45. The van der Waals surface area contributed by atoms with Gasteiger partial charge in [0.2, 0.25) is 0 Å². The summed E-state index contributed by atoms with van der Waals surface area (Å²) < 4.78 is 4.60. The zero-order valence-corrected chi connectivity index (χ0v) is 10.4. The van der Waals surface area contributed by atoms with Gasteiger partial charge in [-0.25, -0.2) is 4.98 Å². The Hall–Kier alpha value is -0.980. The molecule has 0 spiro atoms. The number of aliphatic hydroxyl groups excluding tert-OH is 1. The van der Waals surface area contributed by atoms with Crippen LogP contribution < -0.4 is 5.32 Å². The third-order valence-corrected chi connectivity index (χ3v) is 3.20. The molecule has 1 aromatic rings. The predicted octanol–water partition coefficient (Wildman–Crippen LogP) is 0.464. The minimum Gasteiger partial charge on any atom is -0.468 e. The lowest BCUT2D eigenvalue weighted by atomic mass is 10.2. The standard InChI is InChI=1S/C10H16N2O3S/c1-6-8(16-5-12-6)4-11-9(7(2)13)10(14)15-3/h5,7,9,11,13H,4H2,1-3H3/t7-,9+/m0/s1. The Bertz CT molecular complexity index is 352. The van der Waals surface area contributed by atoms with Crippen LogP contribution >= 0.6 is 11.3 Å². The van der Waals surface area contributed by atoms with Gasteiger partial charge in [-0.3, -0.25) is 10.1 Å². The van der Waals surface area contributed by atoms with Crippen LogP contribution in [0.4, 0.5) is 0 Å². The number of hydrogen-bond acceptors (Lipinski definition) is 6. The van der Waals surface area contributed by atoms with Crippen molar-refractivity contribution < 1.29 is 14.6 Å². The number of esters is 1. The molecule has 0 fully saturated rings. The molecule has 90 valence electrons. The highest BCUT2D eigenvalue weighted by Gasteiger charge is 2.24. The van der Waals surface area contributed by atoms with Gasteiger partial charge >= 0.3 is 5.97 Å².